The van der Waals surface area contributed by atoms with Gasteiger partial charge in [0.05, 0.1) is 16.6 Å². The Hall–Kier alpha value is -0.780. The van der Waals surface area contributed by atoms with E-state index in [0.29, 0.717) is 0 Å². The minimum atomic E-state index is 0.257. The Kier molecular flexibility index (Phi) is 5.48. The van der Waals surface area contributed by atoms with Crippen LogP contribution >= 0.6 is 22.9 Å². The van der Waals surface area contributed by atoms with Gasteiger partial charge in [0.15, 0.2) is 0 Å². The van der Waals surface area contributed by atoms with Gasteiger partial charge in [-0.05, 0) is 54.9 Å². The molecule has 0 aromatic carbocycles. The molecule has 2 heterocycles. The van der Waals surface area contributed by atoms with Crippen molar-refractivity contribution in [3.63, 3.8) is 0 Å². The summed E-state index contributed by atoms with van der Waals surface area (Å²) in [5.41, 5.74) is 2.54. The molecule has 0 aliphatic carbocycles. The Morgan fingerprint density at radius 3 is 2.79 bits per heavy atom. The van der Waals surface area contributed by atoms with Crippen LogP contribution in [-0.4, -0.2) is 16.1 Å². The second-order valence-corrected chi connectivity index (χ2v) is 6.56. The zero-order valence-corrected chi connectivity index (χ0v) is 13.4. The average Bonchev–Trinajstić information content (AvgIpc) is 3.01. The zero-order valence-electron chi connectivity index (χ0n) is 11.8. The maximum Gasteiger partial charge on any atom is 0.0807 e. The molecule has 19 heavy (non-hydrogen) atoms. The minimum absolute atomic E-state index is 0.257. The Labute approximate surface area is 123 Å². The number of hydrogen-bond donors (Lipinski definition) is 1. The third-order valence-electron chi connectivity index (χ3n) is 3.14. The van der Waals surface area contributed by atoms with Crippen LogP contribution in [0.25, 0.3) is 0 Å². The molecule has 104 valence electrons. The monoisotopic (exact) mass is 295 g/mol. The van der Waals surface area contributed by atoms with Crippen LogP contribution in [0.5, 0.6) is 0 Å². The van der Waals surface area contributed by atoms with Gasteiger partial charge >= 0.3 is 0 Å². The molecule has 0 amide bonds. The van der Waals surface area contributed by atoms with E-state index < -0.39 is 0 Å². The molecule has 0 bridgehead atoms. The van der Waals surface area contributed by atoms with Crippen molar-refractivity contribution >= 4 is 22.9 Å². The molecule has 0 spiro atoms. The fourth-order valence-electron chi connectivity index (χ4n) is 2.17. The molecule has 2 aromatic rings. The highest BCUT2D eigenvalue weighted by Crippen LogP contribution is 2.32. The van der Waals surface area contributed by atoms with Crippen LogP contribution in [0.2, 0.25) is 0 Å². The van der Waals surface area contributed by atoms with E-state index >= 15 is 0 Å². The molecule has 3 nitrogen and oxygen atoms in total. The average molecular weight is 295 g/mol. The minimum Gasteiger partial charge on any atom is -0.305 e. The van der Waals surface area contributed by atoms with Crippen molar-refractivity contribution in [1.82, 2.24) is 14.9 Å². The van der Waals surface area contributed by atoms with Crippen molar-refractivity contribution in [1.29, 1.82) is 0 Å². The first kappa shape index (κ1) is 14.6. The molecule has 0 radical (unpaired) electrons. The molecule has 1 atom stereocenters. The second-order valence-electron chi connectivity index (χ2n) is 4.65. The molecular formula is C14H21N3S2. The maximum absolute atomic E-state index is 4.31. The summed E-state index contributed by atoms with van der Waals surface area (Å²) in [4.78, 5) is 2.67. The van der Waals surface area contributed by atoms with Crippen LogP contribution in [0.4, 0.5) is 0 Å². The van der Waals surface area contributed by atoms with E-state index in [1.165, 1.54) is 26.9 Å². The Balaban J connectivity index is 2.31. The highest BCUT2D eigenvalue weighted by atomic mass is 32.1. The fourth-order valence-corrected chi connectivity index (χ4v) is 3.70. The van der Waals surface area contributed by atoms with Gasteiger partial charge in [-0.15, -0.1) is 16.4 Å². The molecule has 2 rings (SSSR count). The number of nitrogens with one attached hydrogen (secondary N) is 1. The third-order valence-corrected chi connectivity index (χ3v) is 4.84. The highest BCUT2D eigenvalue weighted by molar-refractivity contribution is 7.10. The van der Waals surface area contributed by atoms with Crippen molar-refractivity contribution in [2.75, 3.05) is 6.54 Å². The van der Waals surface area contributed by atoms with Crippen LogP contribution in [-0.2, 0) is 6.42 Å². The van der Waals surface area contributed by atoms with E-state index in [2.05, 4.69) is 47.1 Å². The van der Waals surface area contributed by atoms with Crippen LogP contribution in [0.1, 0.15) is 53.7 Å². The van der Waals surface area contributed by atoms with E-state index in [1.807, 2.05) is 0 Å². The van der Waals surface area contributed by atoms with Crippen molar-refractivity contribution in [2.45, 2.75) is 46.1 Å². The molecule has 0 saturated heterocycles. The summed E-state index contributed by atoms with van der Waals surface area (Å²) in [5, 5.41) is 10.1. The second kappa shape index (κ2) is 7.12. The summed E-state index contributed by atoms with van der Waals surface area (Å²) in [6, 6.07) is 2.48. The topological polar surface area (TPSA) is 37.8 Å². The summed E-state index contributed by atoms with van der Waals surface area (Å²) in [6.45, 7) is 7.59. The largest absolute Gasteiger partial charge is 0.305 e. The number of aromatic nitrogens is 2. The molecule has 0 saturated carbocycles. The molecule has 2 aromatic heterocycles. The summed E-state index contributed by atoms with van der Waals surface area (Å²) in [7, 11) is 0. The van der Waals surface area contributed by atoms with Crippen molar-refractivity contribution in [3.8, 4) is 0 Å². The Morgan fingerprint density at radius 1 is 1.32 bits per heavy atom. The smallest absolute Gasteiger partial charge is 0.0807 e. The molecule has 1 unspecified atom stereocenters. The standard InChI is InChI=1S/C14H21N3S2/c1-4-6-12-14(19-17-16-12)13(15-8-5-2)11-7-9-18-10(11)3/h7,9,13,15H,4-6,8H2,1-3H3. The fraction of sp³-hybridized carbons (Fsp3) is 0.571. The number of aryl methyl sites for hydroxylation is 2. The molecule has 0 aliphatic rings. The van der Waals surface area contributed by atoms with E-state index in [4.69, 9.17) is 0 Å². The summed E-state index contributed by atoms with van der Waals surface area (Å²) in [6.07, 6.45) is 3.26. The number of rotatable bonds is 7. The molecule has 5 heteroatoms. The predicted molar refractivity (Wildman–Crippen MR) is 83.1 cm³/mol. The number of nitrogens with zero attached hydrogens (tertiary/aromatic N) is 2. The molecule has 1 N–H and O–H groups in total. The van der Waals surface area contributed by atoms with E-state index in [9.17, 15) is 0 Å². The number of thiophene rings is 1. The first-order chi connectivity index (χ1) is 9.27. The van der Waals surface area contributed by atoms with Gasteiger partial charge in [-0.1, -0.05) is 24.8 Å². The van der Waals surface area contributed by atoms with Gasteiger partial charge in [-0.2, -0.15) is 0 Å². The van der Waals surface area contributed by atoms with Crippen molar-refractivity contribution < 1.29 is 0 Å². The van der Waals surface area contributed by atoms with Gasteiger partial charge in [-0.3, -0.25) is 0 Å². The first-order valence-electron chi connectivity index (χ1n) is 6.86. The molecule has 0 aliphatic heterocycles. The Bertz CT molecular complexity index is 504. The lowest BCUT2D eigenvalue weighted by Crippen LogP contribution is -2.23. The first-order valence-corrected chi connectivity index (χ1v) is 8.51. The summed E-state index contributed by atoms with van der Waals surface area (Å²) >= 11 is 3.34. The van der Waals surface area contributed by atoms with E-state index in [-0.39, 0.29) is 6.04 Å². The lowest BCUT2D eigenvalue weighted by atomic mass is 10.0. The van der Waals surface area contributed by atoms with Crippen molar-refractivity contribution in [2.24, 2.45) is 0 Å². The van der Waals surface area contributed by atoms with Gasteiger partial charge in [-0.25, -0.2) is 0 Å². The lowest BCUT2D eigenvalue weighted by Gasteiger charge is -2.18. The lowest BCUT2D eigenvalue weighted by molar-refractivity contribution is 0.599. The summed E-state index contributed by atoms with van der Waals surface area (Å²) < 4.78 is 4.16. The molecular weight excluding hydrogens is 274 g/mol. The quantitative estimate of drug-likeness (QED) is 0.840. The van der Waals surface area contributed by atoms with Gasteiger partial charge in [0.2, 0.25) is 0 Å². The third kappa shape index (κ3) is 3.41. The zero-order chi connectivity index (χ0) is 13.7. The van der Waals surface area contributed by atoms with E-state index in [0.717, 1.165) is 31.5 Å². The van der Waals surface area contributed by atoms with Gasteiger partial charge < -0.3 is 5.32 Å². The molecule has 0 fully saturated rings. The highest BCUT2D eigenvalue weighted by Gasteiger charge is 2.22. The van der Waals surface area contributed by atoms with Gasteiger partial charge in [0, 0.05) is 4.88 Å². The van der Waals surface area contributed by atoms with Crippen LogP contribution in [0.3, 0.4) is 0 Å². The normalized spacial score (nSPS) is 12.8. The van der Waals surface area contributed by atoms with Gasteiger partial charge in [0.25, 0.3) is 0 Å². The Morgan fingerprint density at radius 2 is 2.16 bits per heavy atom. The van der Waals surface area contributed by atoms with Crippen LogP contribution in [0.15, 0.2) is 11.4 Å². The predicted octanol–water partition coefficient (Wildman–Crippen LogP) is 3.95. The summed E-state index contributed by atoms with van der Waals surface area (Å²) in [5.74, 6) is 0. The van der Waals surface area contributed by atoms with Crippen LogP contribution in [0, 0.1) is 6.92 Å². The maximum atomic E-state index is 4.31. The van der Waals surface area contributed by atoms with Crippen molar-refractivity contribution in [3.05, 3.63) is 32.5 Å². The SMILES string of the molecule is CCCNC(c1ccsc1C)c1snnc1CCC. The number of hydrogen-bond acceptors (Lipinski definition) is 5. The van der Waals surface area contributed by atoms with E-state index in [1.54, 1.807) is 11.3 Å². The van der Waals surface area contributed by atoms with Crippen LogP contribution < -0.4 is 5.32 Å². The van der Waals surface area contributed by atoms with Gasteiger partial charge in [0.1, 0.15) is 0 Å².